The maximum Gasteiger partial charge on any atom is 0.119 e. The third-order valence-electron chi connectivity index (χ3n) is 5.87. The lowest BCUT2D eigenvalue weighted by Crippen LogP contribution is -2.46. The Morgan fingerprint density at radius 3 is 2.75 bits per heavy atom. The number of piperidine rings is 1. The van der Waals surface area contributed by atoms with Crippen molar-refractivity contribution in [1.29, 1.82) is 0 Å². The number of likely N-dealkylation sites (tertiary alicyclic amines) is 1. The van der Waals surface area contributed by atoms with Gasteiger partial charge >= 0.3 is 0 Å². The molecule has 2 aliphatic rings. The maximum absolute atomic E-state index is 9.22. The largest absolute Gasteiger partial charge is 0.497 e. The van der Waals surface area contributed by atoms with Crippen LogP contribution in [0.1, 0.15) is 50.2 Å². The molecule has 0 amide bonds. The molecule has 134 valence electrons. The van der Waals surface area contributed by atoms with Gasteiger partial charge in [0.05, 0.1) is 7.11 Å². The number of aryl methyl sites for hydroxylation is 1. The molecule has 2 atom stereocenters. The molecule has 1 aliphatic heterocycles. The second-order valence-corrected chi connectivity index (χ2v) is 7.79. The minimum absolute atomic E-state index is 0.254. The highest BCUT2D eigenvalue weighted by atomic mass is 16.5. The lowest BCUT2D eigenvalue weighted by atomic mass is 9.85. The molecule has 1 aromatic carbocycles. The second kappa shape index (κ2) is 8.35. The monoisotopic (exact) mass is 331 g/mol. The van der Waals surface area contributed by atoms with E-state index in [2.05, 4.69) is 30.0 Å². The first kappa shape index (κ1) is 17.8. The summed E-state index contributed by atoms with van der Waals surface area (Å²) >= 11 is 0. The normalized spacial score (nSPS) is 25.0. The van der Waals surface area contributed by atoms with Gasteiger partial charge in [-0.3, -0.25) is 4.90 Å². The van der Waals surface area contributed by atoms with Crippen molar-refractivity contribution in [2.45, 2.75) is 57.9 Å². The standard InChI is InChI=1S/C21H33NO2/c1-16-5-3-11-22(15-17-7-8-17)21(16)14-19-9-10-20(24-2)13-18(19)6-4-12-23/h9-10,13,16-17,21,23H,3-8,11-12,14-15H2,1-2H3/t16-,21-/m1/s1. The van der Waals surface area contributed by atoms with Crippen molar-refractivity contribution in [2.75, 3.05) is 26.8 Å². The zero-order chi connectivity index (χ0) is 16.9. The molecule has 24 heavy (non-hydrogen) atoms. The van der Waals surface area contributed by atoms with Crippen LogP contribution in [-0.4, -0.2) is 42.9 Å². The molecule has 0 aromatic heterocycles. The van der Waals surface area contributed by atoms with Gasteiger partial charge in [-0.1, -0.05) is 13.0 Å². The number of benzene rings is 1. The van der Waals surface area contributed by atoms with Crippen molar-refractivity contribution in [3.63, 3.8) is 0 Å². The van der Waals surface area contributed by atoms with Gasteiger partial charge in [0.25, 0.3) is 0 Å². The molecule has 1 saturated heterocycles. The van der Waals surface area contributed by atoms with Crippen LogP contribution >= 0.6 is 0 Å². The molecular formula is C21H33NO2. The molecule has 3 nitrogen and oxygen atoms in total. The average Bonchev–Trinajstić information content (AvgIpc) is 3.40. The van der Waals surface area contributed by atoms with E-state index >= 15 is 0 Å². The van der Waals surface area contributed by atoms with Gasteiger partial charge in [0.2, 0.25) is 0 Å². The molecular weight excluding hydrogens is 298 g/mol. The molecule has 0 radical (unpaired) electrons. The third kappa shape index (κ3) is 4.52. The molecule has 1 heterocycles. The lowest BCUT2D eigenvalue weighted by molar-refractivity contribution is 0.0956. The molecule has 1 aliphatic carbocycles. The van der Waals surface area contributed by atoms with Crippen LogP contribution in [0, 0.1) is 11.8 Å². The number of rotatable bonds is 8. The summed E-state index contributed by atoms with van der Waals surface area (Å²) in [5.41, 5.74) is 2.80. The average molecular weight is 332 g/mol. The van der Waals surface area contributed by atoms with Gasteiger partial charge in [-0.15, -0.1) is 0 Å². The minimum atomic E-state index is 0.254. The van der Waals surface area contributed by atoms with E-state index in [4.69, 9.17) is 4.74 Å². The molecule has 2 fully saturated rings. The number of hydrogen-bond donors (Lipinski definition) is 1. The van der Waals surface area contributed by atoms with Crippen molar-refractivity contribution in [3.8, 4) is 5.75 Å². The van der Waals surface area contributed by atoms with E-state index in [1.807, 2.05) is 0 Å². The van der Waals surface area contributed by atoms with Gasteiger partial charge in [-0.25, -0.2) is 0 Å². The van der Waals surface area contributed by atoms with Crippen molar-refractivity contribution in [3.05, 3.63) is 29.3 Å². The summed E-state index contributed by atoms with van der Waals surface area (Å²) < 4.78 is 5.41. The van der Waals surface area contributed by atoms with Gasteiger partial charge in [0, 0.05) is 19.2 Å². The Hall–Kier alpha value is -1.06. The smallest absolute Gasteiger partial charge is 0.119 e. The Bertz CT molecular complexity index is 527. The zero-order valence-electron chi connectivity index (χ0n) is 15.3. The number of methoxy groups -OCH3 is 1. The lowest BCUT2D eigenvalue weighted by Gasteiger charge is -2.40. The number of nitrogens with zero attached hydrogens (tertiary/aromatic N) is 1. The Morgan fingerprint density at radius 2 is 2.04 bits per heavy atom. The Morgan fingerprint density at radius 1 is 1.21 bits per heavy atom. The summed E-state index contributed by atoms with van der Waals surface area (Å²) in [6, 6.07) is 7.18. The van der Waals surface area contributed by atoms with Crippen LogP contribution in [-0.2, 0) is 12.8 Å². The third-order valence-corrected chi connectivity index (χ3v) is 5.87. The molecule has 3 rings (SSSR count). The predicted octanol–water partition coefficient (Wildman–Crippen LogP) is 3.67. The van der Waals surface area contributed by atoms with Crippen molar-refractivity contribution in [2.24, 2.45) is 11.8 Å². The van der Waals surface area contributed by atoms with Crippen molar-refractivity contribution < 1.29 is 9.84 Å². The molecule has 1 N–H and O–H groups in total. The molecule has 1 aromatic rings. The molecule has 0 spiro atoms. The van der Waals surface area contributed by atoms with E-state index in [0.29, 0.717) is 6.04 Å². The highest BCUT2D eigenvalue weighted by Gasteiger charge is 2.33. The predicted molar refractivity (Wildman–Crippen MR) is 98.6 cm³/mol. The first-order chi connectivity index (χ1) is 11.7. The quantitative estimate of drug-likeness (QED) is 0.789. The van der Waals surface area contributed by atoms with Crippen LogP contribution in [0.5, 0.6) is 5.75 Å². The summed E-state index contributed by atoms with van der Waals surface area (Å²) in [5.74, 6) is 2.66. The van der Waals surface area contributed by atoms with Crippen LogP contribution in [0.15, 0.2) is 18.2 Å². The number of ether oxygens (including phenoxy) is 1. The van der Waals surface area contributed by atoms with E-state index in [0.717, 1.165) is 36.8 Å². The summed E-state index contributed by atoms with van der Waals surface area (Å²) in [5, 5.41) is 9.22. The SMILES string of the molecule is COc1ccc(C[C@@H]2[C@H](C)CCCN2CC2CC2)c(CCCO)c1. The van der Waals surface area contributed by atoms with E-state index in [1.54, 1.807) is 7.11 Å². The van der Waals surface area contributed by atoms with Crippen LogP contribution in [0.25, 0.3) is 0 Å². The summed E-state index contributed by atoms with van der Waals surface area (Å²) in [6.45, 7) is 5.26. The first-order valence-corrected chi connectivity index (χ1v) is 9.72. The molecule has 3 heteroatoms. The van der Waals surface area contributed by atoms with Crippen molar-refractivity contribution >= 4 is 0 Å². The van der Waals surface area contributed by atoms with E-state index in [-0.39, 0.29) is 6.61 Å². The van der Waals surface area contributed by atoms with E-state index < -0.39 is 0 Å². The zero-order valence-corrected chi connectivity index (χ0v) is 15.3. The fraction of sp³-hybridized carbons (Fsp3) is 0.714. The summed E-state index contributed by atoms with van der Waals surface area (Å²) in [7, 11) is 1.73. The topological polar surface area (TPSA) is 32.7 Å². The minimum Gasteiger partial charge on any atom is -0.497 e. The summed E-state index contributed by atoms with van der Waals surface area (Å²) in [6.07, 6.45) is 8.47. The first-order valence-electron chi connectivity index (χ1n) is 9.72. The number of aliphatic hydroxyl groups excluding tert-OH is 1. The van der Waals surface area contributed by atoms with Crippen LogP contribution in [0.4, 0.5) is 0 Å². The number of hydrogen-bond acceptors (Lipinski definition) is 3. The molecule has 0 unspecified atom stereocenters. The van der Waals surface area contributed by atoms with Gasteiger partial charge in [0.15, 0.2) is 0 Å². The van der Waals surface area contributed by atoms with Gasteiger partial charge in [0.1, 0.15) is 5.75 Å². The molecule has 1 saturated carbocycles. The van der Waals surface area contributed by atoms with Crippen molar-refractivity contribution in [1.82, 2.24) is 4.90 Å². The summed E-state index contributed by atoms with van der Waals surface area (Å²) in [4.78, 5) is 2.77. The maximum atomic E-state index is 9.22. The van der Waals surface area contributed by atoms with Crippen LogP contribution in [0.3, 0.4) is 0 Å². The molecule has 0 bridgehead atoms. The Labute approximate surface area is 147 Å². The Kier molecular flexibility index (Phi) is 6.18. The fourth-order valence-electron chi connectivity index (χ4n) is 4.18. The van der Waals surface area contributed by atoms with Gasteiger partial charge in [-0.2, -0.15) is 0 Å². The second-order valence-electron chi connectivity index (χ2n) is 7.79. The van der Waals surface area contributed by atoms with E-state index in [9.17, 15) is 5.11 Å². The van der Waals surface area contributed by atoms with Crippen LogP contribution < -0.4 is 4.74 Å². The Balaban J connectivity index is 1.75. The number of aliphatic hydroxyl groups is 1. The highest BCUT2D eigenvalue weighted by Crippen LogP contribution is 2.34. The van der Waals surface area contributed by atoms with Crippen LogP contribution in [0.2, 0.25) is 0 Å². The van der Waals surface area contributed by atoms with E-state index in [1.165, 1.54) is 49.9 Å². The highest BCUT2D eigenvalue weighted by molar-refractivity contribution is 5.36. The van der Waals surface area contributed by atoms with Gasteiger partial charge < -0.3 is 9.84 Å². The fourth-order valence-corrected chi connectivity index (χ4v) is 4.18. The van der Waals surface area contributed by atoms with Gasteiger partial charge in [-0.05, 0) is 86.6 Å².